The Morgan fingerprint density at radius 3 is 2.29 bits per heavy atom. The van der Waals surface area contributed by atoms with Gasteiger partial charge in [-0.3, -0.25) is 14.5 Å². The Bertz CT molecular complexity index is 1340. The van der Waals surface area contributed by atoms with E-state index in [-0.39, 0.29) is 22.3 Å². The van der Waals surface area contributed by atoms with Gasteiger partial charge in [-0.25, -0.2) is 4.39 Å². The molecule has 6 heteroatoms. The smallest absolute Gasteiger partial charge is 0.300 e. The first-order valence-electron chi connectivity index (χ1n) is 11.3. The Balaban J connectivity index is 1.94. The molecule has 0 spiro atoms. The van der Waals surface area contributed by atoms with Crippen molar-refractivity contribution in [1.82, 2.24) is 0 Å². The Hall–Kier alpha value is -3.93. The molecule has 0 radical (unpaired) electrons. The quantitative estimate of drug-likeness (QED) is 0.284. The molecular weight excluding hydrogens is 445 g/mol. The molecule has 1 unspecified atom stereocenters. The van der Waals surface area contributed by atoms with Crippen LogP contribution in [0.2, 0.25) is 0 Å². The SMILES string of the molecule is COc1cccc(N2C(=O)C(=O)/C(=C(/O)c3ccc(F)c(C)c3)C2c2ccc(C(C)(C)C)cc2)c1. The fraction of sp³-hybridized carbons (Fsp3) is 0.241. The van der Waals surface area contributed by atoms with Gasteiger partial charge in [0.05, 0.1) is 18.7 Å². The summed E-state index contributed by atoms with van der Waals surface area (Å²) in [5.74, 6) is -1.81. The van der Waals surface area contributed by atoms with Gasteiger partial charge in [-0.05, 0) is 59.4 Å². The number of ketones is 1. The predicted molar refractivity (Wildman–Crippen MR) is 134 cm³/mol. The van der Waals surface area contributed by atoms with Gasteiger partial charge in [-0.2, -0.15) is 0 Å². The molecule has 1 fully saturated rings. The van der Waals surface area contributed by atoms with Crippen molar-refractivity contribution < 1.29 is 23.8 Å². The molecule has 5 nitrogen and oxygen atoms in total. The molecule has 4 rings (SSSR count). The van der Waals surface area contributed by atoms with E-state index in [4.69, 9.17) is 4.74 Å². The number of ether oxygens (including phenoxy) is 1. The van der Waals surface area contributed by atoms with Gasteiger partial charge < -0.3 is 9.84 Å². The van der Waals surface area contributed by atoms with Crippen LogP contribution in [0.4, 0.5) is 10.1 Å². The monoisotopic (exact) mass is 473 g/mol. The van der Waals surface area contributed by atoms with Crippen LogP contribution >= 0.6 is 0 Å². The number of Topliss-reactive ketones (excluding diaryl/α,β-unsaturated/α-hetero) is 1. The Labute approximate surface area is 204 Å². The van der Waals surface area contributed by atoms with Gasteiger partial charge in [0, 0.05) is 17.3 Å². The standard InChI is InChI=1S/C29H28FNO4/c1-17-15-19(11-14-23(17)30)26(32)24-25(18-9-12-20(13-10-18)29(2,3)4)31(28(34)27(24)33)21-7-6-8-22(16-21)35-5/h6-16,25,32H,1-5H3/b26-24+. The van der Waals surface area contributed by atoms with Crippen LogP contribution in [-0.4, -0.2) is 23.9 Å². The number of carbonyl (C=O) groups excluding carboxylic acids is 2. The van der Waals surface area contributed by atoms with Crippen molar-refractivity contribution in [3.63, 3.8) is 0 Å². The third-order valence-electron chi connectivity index (χ3n) is 6.30. The molecule has 1 heterocycles. The van der Waals surface area contributed by atoms with E-state index >= 15 is 0 Å². The zero-order chi connectivity index (χ0) is 25.5. The molecule has 0 aliphatic carbocycles. The Kier molecular flexibility index (Phi) is 6.24. The van der Waals surface area contributed by atoms with Crippen LogP contribution < -0.4 is 9.64 Å². The average molecular weight is 474 g/mol. The van der Waals surface area contributed by atoms with Crippen LogP contribution in [-0.2, 0) is 15.0 Å². The molecule has 0 aromatic heterocycles. The Morgan fingerprint density at radius 2 is 1.69 bits per heavy atom. The van der Waals surface area contributed by atoms with E-state index in [1.54, 1.807) is 31.2 Å². The zero-order valence-electron chi connectivity index (χ0n) is 20.4. The summed E-state index contributed by atoms with van der Waals surface area (Å²) in [7, 11) is 1.52. The number of hydrogen-bond acceptors (Lipinski definition) is 4. The van der Waals surface area contributed by atoms with Crippen molar-refractivity contribution in [3.05, 3.63) is 100 Å². The molecule has 1 N–H and O–H groups in total. The molecule has 0 bridgehead atoms. The molecule has 1 atom stereocenters. The second kappa shape index (κ2) is 9.02. The van der Waals surface area contributed by atoms with Gasteiger partial charge in [0.15, 0.2) is 0 Å². The molecule has 1 aliphatic rings. The van der Waals surface area contributed by atoms with E-state index in [1.807, 2.05) is 24.3 Å². The number of aryl methyl sites for hydroxylation is 1. The highest BCUT2D eigenvalue weighted by atomic mass is 19.1. The third kappa shape index (κ3) is 4.44. The number of hydrogen-bond donors (Lipinski definition) is 1. The molecule has 3 aromatic rings. The lowest BCUT2D eigenvalue weighted by molar-refractivity contribution is -0.132. The van der Waals surface area contributed by atoms with E-state index in [1.165, 1.54) is 30.2 Å². The highest BCUT2D eigenvalue weighted by Crippen LogP contribution is 2.43. The van der Waals surface area contributed by atoms with Crippen LogP contribution in [0.1, 0.15) is 49.1 Å². The number of halogens is 1. The molecule has 1 aliphatic heterocycles. The predicted octanol–water partition coefficient (Wildman–Crippen LogP) is 6.07. The Morgan fingerprint density at radius 1 is 1.00 bits per heavy atom. The van der Waals surface area contributed by atoms with Gasteiger partial charge >= 0.3 is 0 Å². The van der Waals surface area contributed by atoms with Crippen LogP contribution in [0.25, 0.3) is 5.76 Å². The highest BCUT2D eigenvalue weighted by Gasteiger charge is 2.47. The van der Waals surface area contributed by atoms with Gasteiger partial charge in [-0.15, -0.1) is 0 Å². The zero-order valence-corrected chi connectivity index (χ0v) is 20.4. The number of methoxy groups -OCH3 is 1. The van der Waals surface area contributed by atoms with Crippen molar-refractivity contribution in [3.8, 4) is 5.75 Å². The van der Waals surface area contributed by atoms with E-state index < -0.39 is 23.5 Å². The maximum Gasteiger partial charge on any atom is 0.300 e. The largest absolute Gasteiger partial charge is 0.507 e. The van der Waals surface area contributed by atoms with Crippen molar-refractivity contribution >= 4 is 23.1 Å². The summed E-state index contributed by atoms with van der Waals surface area (Å²) in [6.45, 7) is 7.87. The van der Waals surface area contributed by atoms with Crippen molar-refractivity contribution in [2.45, 2.75) is 39.2 Å². The summed E-state index contributed by atoms with van der Waals surface area (Å²) in [6, 6.07) is 17.7. The lowest BCUT2D eigenvalue weighted by Gasteiger charge is -2.27. The molecule has 180 valence electrons. The summed E-state index contributed by atoms with van der Waals surface area (Å²) in [4.78, 5) is 28.0. The minimum Gasteiger partial charge on any atom is -0.507 e. The highest BCUT2D eigenvalue weighted by molar-refractivity contribution is 6.51. The summed E-state index contributed by atoms with van der Waals surface area (Å²) in [5, 5.41) is 11.2. The fourth-order valence-electron chi connectivity index (χ4n) is 4.29. The number of carbonyl (C=O) groups is 2. The second-order valence-corrected chi connectivity index (χ2v) is 9.71. The first-order valence-corrected chi connectivity index (χ1v) is 11.3. The number of rotatable bonds is 4. The van der Waals surface area contributed by atoms with Gasteiger partial charge in [0.2, 0.25) is 0 Å². The van der Waals surface area contributed by atoms with Crippen LogP contribution in [0.5, 0.6) is 5.75 Å². The van der Waals surface area contributed by atoms with Crippen molar-refractivity contribution in [2.24, 2.45) is 0 Å². The third-order valence-corrected chi connectivity index (χ3v) is 6.30. The number of anilines is 1. The first kappa shape index (κ1) is 24.2. The van der Waals surface area contributed by atoms with E-state index in [0.717, 1.165) is 5.56 Å². The maximum atomic E-state index is 13.9. The molecule has 3 aromatic carbocycles. The number of aliphatic hydroxyl groups is 1. The summed E-state index contributed by atoms with van der Waals surface area (Å²) in [5.41, 5.74) is 2.68. The molecule has 1 saturated heterocycles. The van der Waals surface area contributed by atoms with Crippen molar-refractivity contribution in [2.75, 3.05) is 12.0 Å². The lowest BCUT2D eigenvalue weighted by Crippen LogP contribution is -2.29. The van der Waals surface area contributed by atoms with Crippen LogP contribution in [0.3, 0.4) is 0 Å². The maximum absolute atomic E-state index is 13.9. The molecular formula is C29H28FNO4. The second-order valence-electron chi connectivity index (χ2n) is 9.71. The van der Waals surface area contributed by atoms with E-state index in [9.17, 15) is 19.1 Å². The van der Waals surface area contributed by atoms with Crippen LogP contribution in [0, 0.1) is 12.7 Å². The average Bonchev–Trinajstić information content (AvgIpc) is 3.10. The summed E-state index contributed by atoms with van der Waals surface area (Å²) in [6.07, 6.45) is 0. The van der Waals surface area contributed by atoms with Crippen LogP contribution in [0.15, 0.2) is 72.3 Å². The number of amides is 1. The van der Waals surface area contributed by atoms with Gasteiger partial charge in [0.1, 0.15) is 17.3 Å². The molecule has 0 saturated carbocycles. The van der Waals surface area contributed by atoms with Gasteiger partial charge in [-0.1, -0.05) is 51.1 Å². The number of nitrogens with zero attached hydrogens (tertiary/aromatic N) is 1. The summed E-state index contributed by atoms with van der Waals surface area (Å²) < 4.78 is 19.2. The minimum atomic E-state index is -0.874. The molecule has 1 amide bonds. The topological polar surface area (TPSA) is 66.8 Å². The first-order chi connectivity index (χ1) is 16.5. The fourth-order valence-corrected chi connectivity index (χ4v) is 4.29. The van der Waals surface area contributed by atoms with E-state index in [0.29, 0.717) is 22.6 Å². The van der Waals surface area contributed by atoms with Gasteiger partial charge in [0.25, 0.3) is 11.7 Å². The number of benzene rings is 3. The normalized spacial score (nSPS) is 17.7. The molecule has 35 heavy (non-hydrogen) atoms. The van der Waals surface area contributed by atoms with Crippen molar-refractivity contribution in [1.29, 1.82) is 0 Å². The number of aliphatic hydroxyl groups excluding tert-OH is 1. The summed E-state index contributed by atoms with van der Waals surface area (Å²) >= 11 is 0. The van der Waals surface area contributed by atoms with E-state index in [2.05, 4.69) is 20.8 Å². The lowest BCUT2D eigenvalue weighted by atomic mass is 9.85. The minimum absolute atomic E-state index is 0.0488.